The molecule has 0 saturated heterocycles. The molecular formula is C19H35N5O7S2. The smallest absolute Gasteiger partial charge is 0.326 e. The Morgan fingerprint density at radius 2 is 1.42 bits per heavy atom. The Morgan fingerprint density at radius 3 is 1.91 bits per heavy atom. The Balaban J connectivity index is 5.40. The van der Waals surface area contributed by atoms with Gasteiger partial charge >= 0.3 is 11.9 Å². The predicted molar refractivity (Wildman–Crippen MR) is 128 cm³/mol. The highest BCUT2D eigenvalue weighted by atomic mass is 32.2. The largest absolute Gasteiger partial charge is 0.481 e. The highest BCUT2D eigenvalue weighted by Crippen LogP contribution is 2.07. The lowest BCUT2D eigenvalue weighted by molar-refractivity contribution is -0.142. The lowest BCUT2D eigenvalue weighted by Gasteiger charge is -2.25. The van der Waals surface area contributed by atoms with Crippen LogP contribution in [0.25, 0.3) is 0 Å². The van der Waals surface area contributed by atoms with Gasteiger partial charge in [0.15, 0.2) is 0 Å². The normalized spacial score (nSPS) is 14.4. The molecule has 0 aromatic heterocycles. The number of nitrogens with two attached hydrogens (primary N) is 2. The molecule has 0 fully saturated rings. The van der Waals surface area contributed by atoms with Crippen LogP contribution < -0.4 is 27.4 Å². The molecule has 33 heavy (non-hydrogen) atoms. The number of hydrogen-bond donors (Lipinski definition) is 8. The van der Waals surface area contributed by atoms with Crippen LogP contribution in [0.4, 0.5) is 0 Å². The van der Waals surface area contributed by atoms with E-state index in [2.05, 4.69) is 28.6 Å². The second-order valence-corrected chi connectivity index (χ2v) is 8.66. The van der Waals surface area contributed by atoms with Gasteiger partial charge in [0.2, 0.25) is 17.7 Å². The fourth-order valence-electron chi connectivity index (χ4n) is 2.70. The molecule has 0 spiro atoms. The summed E-state index contributed by atoms with van der Waals surface area (Å²) in [4.78, 5) is 60.1. The number of unbranched alkanes of at least 4 members (excludes halogenated alkanes) is 1. The van der Waals surface area contributed by atoms with Crippen LogP contribution in [0.3, 0.4) is 0 Å². The van der Waals surface area contributed by atoms with Crippen molar-refractivity contribution in [3.05, 3.63) is 0 Å². The van der Waals surface area contributed by atoms with E-state index in [0.717, 1.165) is 0 Å². The summed E-state index contributed by atoms with van der Waals surface area (Å²) in [5.74, 6) is -4.02. The van der Waals surface area contributed by atoms with Crippen molar-refractivity contribution in [3.63, 3.8) is 0 Å². The fraction of sp³-hybridized carbons (Fsp3) is 0.737. The molecule has 9 N–H and O–H groups in total. The third-order valence-corrected chi connectivity index (χ3v) is 5.66. The molecule has 14 heteroatoms. The Hall–Kier alpha value is -2.03. The second-order valence-electron chi connectivity index (χ2n) is 7.31. The Labute approximate surface area is 202 Å². The zero-order valence-corrected chi connectivity index (χ0v) is 20.3. The number of carboxylic acids is 2. The van der Waals surface area contributed by atoms with E-state index in [1.807, 2.05) is 0 Å². The summed E-state index contributed by atoms with van der Waals surface area (Å²) in [5, 5.41) is 25.7. The zero-order valence-electron chi connectivity index (χ0n) is 18.6. The molecule has 190 valence electrons. The van der Waals surface area contributed by atoms with Gasteiger partial charge in [0.1, 0.15) is 18.1 Å². The third kappa shape index (κ3) is 13.3. The first-order chi connectivity index (χ1) is 15.6. The number of carboxylic acid groups (broad SMARTS) is 2. The molecule has 0 bridgehead atoms. The summed E-state index contributed by atoms with van der Waals surface area (Å²) >= 11 is 5.35. The maximum absolute atomic E-state index is 12.8. The van der Waals surface area contributed by atoms with Gasteiger partial charge in [-0.3, -0.25) is 19.2 Å². The second kappa shape index (κ2) is 17.4. The molecule has 12 nitrogen and oxygen atoms in total. The first-order valence-corrected chi connectivity index (χ1v) is 12.5. The number of hydrogen-bond acceptors (Lipinski definition) is 9. The van der Waals surface area contributed by atoms with Gasteiger partial charge in [-0.15, -0.1) is 0 Å². The van der Waals surface area contributed by atoms with E-state index < -0.39 is 60.2 Å². The maximum atomic E-state index is 12.8. The number of amides is 3. The van der Waals surface area contributed by atoms with E-state index >= 15 is 0 Å². The first kappa shape index (κ1) is 31.0. The molecule has 0 aromatic rings. The number of carbonyl (C=O) groups is 5. The summed E-state index contributed by atoms with van der Waals surface area (Å²) in [6.45, 7) is 0.396. The van der Waals surface area contributed by atoms with E-state index in [9.17, 15) is 29.1 Å². The van der Waals surface area contributed by atoms with Crippen LogP contribution >= 0.6 is 24.4 Å². The first-order valence-electron chi connectivity index (χ1n) is 10.5. The van der Waals surface area contributed by atoms with E-state index in [0.29, 0.717) is 25.1 Å². The van der Waals surface area contributed by atoms with Crippen LogP contribution in [-0.2, 0) is 24.0 Å². The standard InChI is InChI=1S/C19H35N5O7S2/c1-33-9-7-13(18(29)24-14(19(30)31)4-2-3-8-20)23-17(28)12(5-6-15(25)26)22-16(27)11(21)10-32/h11-14,32H,2-10,20-21H2,1H3,(H,22,27)(H,23,28)(H,24,29)(H,25,26)(H,30,31). The van der Waals surface area contributed by atoms with Gasteiger partial charge in [0.25, 0.3) is 0 Å². The number of nitrogens with one attached hydrogen (secondary N) is 3. The molecular weight excluding hydrogens is 474 g/mol. The Kier molecular flexibility index (Phi) is 16.4. The monoisotopic (exact) mass is 509 g/mol. The molecule has 4 unspecified atom stereocenters. The average molecular weight is 510 g/mol. The van der Waals surface area contributed by atoms with Crippen LogP contribution in [0.5, 0.6) is 0 Å². The topological polar surface area (TPSA) is 214 Å². The minimum atomic E-state index is -1.25. The van der Waals surface area contributed by atoms with Crippen molar-refractivity contribution in [1.29, 1.82) is 0 Å². The SMILES string of the molecule is CSCCC(NC(=O)C(CCC(=O)O)NC(=O)C(N)CS)C(=O)NC(CCCCN)C(=O)O. The van der Waals surface area contributed by atoms with Crippen molar-refractivity contribution >= 4 is 54.1 Å². The Bertz CT molecular complexity index is 668. The Morgan fingerprint density at radius 1 is 0.879 bits per heavy atom. The number of aliphatic carboxylic acids is 2. The van der Waals surface area contributed by atoms with Crippen LogP contribution in [-0.4, -0.2) is 88.3 Å². The predicted octanol–water partition coefficient (Wildman–Crippen LogP) is -1.47. The van der Waals surface area contributed by atoms with Gasteiger partial charge in [0.05, 0.1) is 6.04 Å². The van der Waals surface area contributed by atoms with E-state index in [1.165, 1.54) is 11.8 Å². The summed E-state index contributed by atoms with van der Waals surface area (Å²) in [6.07, 6.45) is 2.66. The highest BCUT2D eigenvalue weighted by Gasteiger charge is 2.30. The molecule has 0 radical (unpaired) electrons. The lowest BCUT2D eigenvalue weighted by Crippen LogP contribution is -2.57. The van der Waals surface area contributed by atoms with Crippen molar-refractivity contribution < 1.29 is 34.2 Å². The fourth-order valence-corrected chi connectivity index (χ4v) is 3.33. The van der Waals surface area contributed by atoms with Gasteiger partial charge < -0.3 is 37.6 Å². The molecule has 4 atom stereocenters. The van der Waals surface area contributed by atoms with Crippen molar-refractivity contribution in [3.8, 4) is 0 Å². The van der Waals surface area contributed by atoms with Crippen molar-refractivity contribution in [2.24, 2.45) is 11.5 Å². The number of thioether (sulfide) groups is 1. The minimum absolute atomic E-state index is 0.0125. The number of carbonyl (C=O) groups excluding carboxylic acids is 3. The summed E-state index contributed by atoms with van der Waals surface area (Å²) in [5.41, 5.74) is 11.0. The van der Waals surface area contributed by atoms with Gasteiger partial charge in [-0.05, 0) is 50.7 Å². The van der Waals surface area contributed by atoms with Crippen molar-refractivity contribution in [2.45, 2.75) is 62.7 Å². The van der Waals surface area contributed by atoms with E-state index in [-0.39, 0.29) is 25.0 Å². The number of thiol groups is 1. The quantitative estimate of drug-likeness (QED) is 0.0793. The minimum Gasteiger partial charge on any atom is -0.481 e. The van der Waals surface area contributed by atoms with Gasteiger partial charge in [-0.25, -0.2) is 4.79 Å². The zero-order chi connectivity index (χ0) is 25.4. The summed E-state index contributed by atoms with van der Waals surface area (Å²) in [6, 6.07) is -4.48. The molecule has 0 aliphatic rings. The van der Waals surface area contributed by atoms with E-state index in [1.54, 1.807) is 6.26 Å². The highest BCUT2D eigenvalue weighted by molar-refractivity contribution is 7.98. The molecule has 0 aliphatic heterocycles. The number of rotatable bonds is 18. The maximum Gasteiger partial charge on any atom is 0.326 e. The molecule has 0 heterocycles. The van der Waals surface area contributed by atoms with Crippen LogP contribution in [0.1, 0.15) is 38.5 Å². The van der Waals surface area contributed by atoms with Crippen LogP contribution in [0.2, 0.25) is 0 Å². The van der Waals surface area contributed by atoms with Crippen LogP contribution in [0, 0.1) is 0 Å². The van der Waals surface area contributed by atoms with Gasteiger partial charge in [-0.1, -0.05) is 0 Å². The van der Waals surface area contributed by atoms with Crippen molar-refractivity contribution in [1.82, 2.24) is 16.0 Å². The average Bonchev–Trinajstić information content (AvgIpc) is 2.77. The summed E-state index contributed by atoms with van der Waals surface area (Å²) < 4.78 is 0. The van der Waals surface area contributed by atoms with Gasteiger partial charge in [-0.2, -0.15) is 24.4 Å². The molecule has 0 saturated carbocycles. The molecule has 0 aliphatic carbocycles. The van der Waals surface area contributed by atoms with Crippen LogP contribution in [0.15, 0.2) is 0 Å². The molecule has 3 amide bonds. The molecule has 0 aromatic carbocycles. The van der Waals surface area contributed by atoms with E-state index in [4.69, 9.17) is 16.6 Å². The van der Waals surface area contributed by atoms with Gasteiger partial charge in [0, 0.05) is 12.2 Å². The summed E-state index contributed by atoms with van der Waals surface area (Å²) in [7, 11) is 0. The lowest BCUT2D eigenvalue weighted by atomic mass is 10.1. The third-order valence-electron chi connectivity index (χ3n) is 4.62. The van der Waals surface area contributed by atoms with Crippen molar-refractivity contribution in [2.75, 3.05) is 24.3 Å². The molecule has 0 rings (SSSR count).